The molecule has 0 bridgehead atoms. The second-order valence-electron chi connectivity index (χ2n) is 6.82. The molecule has 1 aliphatic heterocycles. The van der Waals surface area contributed by atoms with Gasteiger partial charge in [-0.1, -0.05) is 11.6 Å². The zero-order valence-electron chi connectivity index (χ0n) is 14.6. The van der Waals surface area contributed by atoms with E-state index >= 15 is 0 Å². The van der Waals surface area contributed by atoms with Crippen molar-refractivity contribution in [2.45, 2.75) is 26.0 Å². The van der Waals surface area contributed by atoms with E-state index in [1.807, 2.05) is 13.1 Å². The second kappa shape index (κ2) is 6.37. The van der Waals surface area contributed by atoms with Gasteiger partial charge < -0.3 is 19.9 Å². The average molecular weight is 337 g/mol. The number of rotatable bonds is 4. The minimum absolute atomic E-state index is 0.259. The Kier molecular flexibility index (Phi) is 4.05. The number of anilines is 2. The molecular weight excluding hydrogens is 314 g/mol. The van der Waals surface area contributed by atoms with Crippen molar-refractivity contribution in [3.63, 3.8) is 0 Å². The largest absolute Gasteiger partial charge is 0.391 e. The van der Waals surface area contributed by atoms with Crippen molar-refractivity contribution in [3.05, 3.63) is 47.8 Å². The van der Waals surface area contributed by atoms with Gasteiger partial charge in [0.05, 0.1) is 6.10 Å². The molecule has 6 nitrogen and oxygen atoms in total. The maximum absolute atomic E-state index is 9.73. The predicted molar refractivity (Wildman–Crippen MR) is 100 cm³/mol. The Hall–Kier alpha value is -2.60. The maximum Gasteiger partial charge on any atom is 0.227 e. The lowest BCUT2D eigenvalue weighted by atomic mass is 10.1. The van der Waals surface area contributed by atoms with E-state index in [4.69, 9.17) is 0 Å². The van der Waals surface area contributed by atoms with Crippen molar-refractivity contribution in [2.75, 3.05) is 29.9 Å². The zero-order chi connectivity index (χ0) is 17.4. The molecule has 130 valence electrons. The summed E-state index contributed by atoms with van der Waals surface area (Å²) in [5.41, 5.74) is 3.63. The third-order valence-electron chi connectivity index (χ3n) is 4.79. The van der Waals surface area contributed by atoms with Gasteiger partial charge in [0.15, 0.2) is 0 Å². The van der Waals surface area contributed by atoms with Crippen molar-refractivity contribution in [1.29, 1.82) is 0 Å². The molecule has 3 aromatic rings. The first kappa shape index (κ1) is 15.9. The van der Waals surface area contributed by atoms with E-state index in [1.165, 1.54) is 16.5 Å². The molecule has 1 saturated heterocycles. The van der Waals surface area contributed by atoms with Crippen LogP contribution < -0.4 is 9.80 Å². The highest BCUT2D eigenvalue weighted by molar-refractivity contribution is 5.84. The summed E-state index contributed by atoms with van der Waals surface area (Å²) in [5.74, 6) is 1.57. The fourth-order valence-electron chi connectivity index (χ4n) is 3.40. The predicted octanol–water partition coefficient (Wildman–Crippen LogP) is 2.47. The summed E-state index contributed by atoms with van der Waals surface area (Å²) in [7, 11) is 2.01. The van der Waals surface area contributed by atoms with E-state index in [9.17, 15) is 5.11 Å². The van der Waals surface area contributed by atoms with Crippen molar-refractivity contribution >= 4 is 22.7 Å². The van der Waals surface area contributed by atoms with E-state index < -0.39 is 0 Å². The maximum atomic E-state index is 9.73. The second-order valence-corrected chi connectivity index (χ2v) is 6.82. The molecule has 4 rings (SSSR count). The minimum atomic E-state index is -0.259. The topological polar surface area (TPSA) is 68.3 Å². The molecule has 6 heteroatoms. The van der Waals surface area contributed by atoms with E-state index in [1.54, 1.807) is 6.20 Å². The molecular formula is C19H23N5O. The number of benzene rings is 1. The number of β-amino-alcohol motifs (C(OH)–C–C–N with tert-alkyl or cyclic N) is 1. The highest BCUT2D eigenvalue weighted by Gasteiger charge is 2.22. The van der Waals surface area contributed by atoms with Crippen LogP contribution in [0.5, 0.6) is 0 Å². The number of hydrogen-bond acceptors (Lipinski definition) is 5. The first-order chi connectivity index (χ1) is 12.1. The number of hydrogen-bond donors (Lipinski definition) is 2. The molecule has 1 fully saturated rings. The molecule has 0 unspecified atom stereocenters. The van der Waals surface area contributed by atoms with Crippen molar-refractivity contribution < 1.29 is 5.11 Å². The SMILES string of the molecule is Cc1ccc2[nH]cc(CN(C)c3nccc(N4CC[C@H](O)C4)n3)c2c1. The first-order valence-electron chi connectivity index (χ1n) is 8.64. The lowest BCUT2D eigenvalue weighted by molar-refractivity contribution is 0.198. The Morgan fingerprint density at radius 2 is 2.24 bits per heavy atom. The fourth-order valence-corrected chi connectivity index (χ4v) is 3.40. The molecule has 1 aromatic carbocycles. The van der Waals surface area contributed by atoms with Gasteiger partial charge in [-0.3, -0.25) is 0 Å². The van der Waals surface area contributed by atoms with Gasteiger partial charge in [0.2, 0.25) is 5.95 Å². The number of H-pyrrole nitrogens is 1. The van der Waals surface area contributed by atoms with Crippen molar-refractivity contribution in [2.24, 2.45) is 0 Å². The van der Waals surface area contributed by atoms with Crippen LogP contribution in [0, 0.1) is 6.92 Å². The molecule has 0 radical (unpaired) electrons. The third kappa shape index (κ3) is 3.17. The zero-order valence-corrected chi connectivity index (χ0v) is 14.6. The first-order valence-corrected chi connectivity index (χ1v) is 8.64. The molecule has 3 heterocycles. The summed E-state index contributed by atoms with van der Waals surface area (Å²) in [6.07, 6.45) is 4.38. The standard InChI is InChI=1S/C19H23N5O/c1-13-3-4-17-16(9-13)14(10-21-17)11-23(2)19-20-7-5-18(22-19)24-8-6-15(25)12-24/h3-5,7,9-10,15,21,25H,6,8,11-12H2,1-2H3/t15-/m0/s1. The van der Waals surface area contributed by atoms with Gasteiger partial charge in [0, 0.05) is 50.0 Å². The quantitative estimate of drug-likeness (QED) is 0.765. The normalized spacial score (nSPS) is 17.4. The van der Waals surface area contributed by atoms with Crippen LogP contribution in [-0.4, -0.2) is 46.3 Å². The highest BCUT2D eigenvalue weighted by Crippen LogP contribution is 2.23. The van der Waals surface area contributed by atoms with Gasteiger partial charge in [-0.05, 0) is 37.1 Å². The van der Waals surface area contributed by atoms with Gasteiger partial charge in [-0.15, -0.1) is 0 Å². The molecule has 0 aliphatic carbocycles. The lowest BCUT2D eigenvalue weighted by Crippen LogP contribution is -2.24. The van der Waals surface area contributed by atoms with Crippen LogP contribution in [0.15, 0.2) is 36.7 Å². The molecule has 1 aliphatic rings. The number of aliphatic hydroxyl groups excluding tert-OH is 1. The third-order valence-corrected chi connectivity index (χ3v) is 4.79. The molecule has 2 N–H and O–H groups in total. The lowest BCUT2D eigenvalue weighted by Gasteiger charge is -2.21. The van der Waals surface area contributed by atoms with Gasteiger partial charge in [0.25, 0.3) is 0 Å². The van der Waals surface area contributed by atoms with Crippen molar-refractivity contribution in [3.8, 4) is 0 Å². The minimum Gasteiger partial charge on any atom is -0.391 e. The highest BCUT2D eigenvalue weighted by atomic mass is 16.3. The molecule has 0 saturated carbocycles. The molecule has 0 spiro atoms. The van der Waals surface area contributed by atoms with E-state index in [0.29, 0.717) is 12.5 Å². The van der Waals surface area contributed by atoms with Gasteiger partial charge >= 0.3 is 0 Å². The Bertz CT molecular complexity index is 890. The van der Waals surface area contributed by atoms with Crippen LogP contribution >= 0.6 is 0 Å². The van der Waals surface area contributed by atoms with Gasteiger partial charge in [-0.25, -0.2) is 4.98 Å². The van der Waals surface area contributed by atoms with E-state index in [2.05, 4.69) is 56.1 Å². The number of aryl methyl sites for hydroxylation is 1. The molecule has 25 heavy (non-hydrogen) atoms. The van der Waals surface area contributed by atoms with E-state index in [-0.39, 0.29) is 6.10 Å². The summed E-state index contributed by atoms with van der Waals surface area (Å²) < 4.78 is 0. The monoisotopic (exact) mass is 337 g/mol. The van der Waals surface area contributed by atoms with Crippen LogP contribution in [-0.2, 0) is 6.54 Å². The molecule has 2 aromatic heterocycles. The van der Waals surface area contributed by atoms with Crippen LogP contribution in [0.25, 0.3) is 10.9 Å². The number of aromatic amines is 1. The van der Waals surface area contributed by atoms with Crippen LogP contribution in [0.1, 0.15) is 17.5 Å². The Labute approximate surface area is 147 Å². The average Bonchev–Trinajstić information content (AvgIpc) is 3.21. The Balaban J connectivity index is 1.56. The Morgan fingerprint density at radius 3 is 3.04 bits per heavy atom. The van der Waals surface area contributed by atoms with Crippen LogP contribution in [0.2, 0.25) is 0 Å². The summed E-state index contributed by atoms with van der Waals surface area (Å²) >= 11 is 0. The van der Waals surface area contributed by atoms with Gasteiger partial charge in [-0.2, -0.15) is 4.98 Å². The number of nitrogens with zero attached hydrogens (tertiary/aromatic N) is 4. The van der Waals surface area contributed by atoms with Gasteiger partial charge in [0.1, 0.15) is 5.82 Å². The number of fused-ring (bicyclic) bond motifs is 1. The number of aliphatic hydroxyl groups is 1. The molecule has 1 atom stereocenters. The smallest absolute Gasteiger partial charge is 0.227 e. The summed E-state index contributed by atoms with van der Waals surface area (Å²) in [4.78, 5) is 16.6. The number of aromatic nitrogens is 3. The molecule has 0 amide bonds. The summed E-state index contributed by atoms with van der Waals surface area (Å²) in [6, 6.07) is 8.34. The summed E-state index contributed by atoms with van der Waals surface area (Å²) in [6.45, 7) is 4.32. The van der Waals surface area contributed by atoms with Crippen LogP contribution in [0.3, 0.4) is 0 Å². The summed E-state index contributed by atoms with van der Waals surface area (Å²) in [5, 5.41) is 11.0. The van der Waals surface area contributed by atoms with E-state index in [0.717, 1.165) is 30.8 Å². The Morgan fingerprint density at radius 1 is 1.36 bits per heavy atom. The fraction of sp³-hybridized carbons (Fsp3) is 0.368. The van der Waals surface area contributed by atoms with Crippen molar-refractivity contribution in [1.82, 2.24) is 15.0 Å². The van der Waals surface area contributed by atoms with Crippen LogP contribution in [0.4, 0.5) is 11.8 Å². The number of nitrogens with one attached hydrogen (secondary N) is 1.